The molecule has 1 amide bonds. The molecule has 0 spiro atoms. The van der Waals surface area contributed by atoms with Crippen LogP contribution < -0.4 is 10.2 Å². The Labute approximate surface area is 174 Å². The molecule has 0 saturated heterocycles. The minimum absolute atomic E-state index is 0.373. The zero-order chi connectivity index (χ0) is 20.5. The monoisotopic (exact) mass is 403 g/mol. The Kier molecular flexibility index (Phi) is 6.99. The van der Waals surface area contributed by atoms with Gasteiger partial charge in [-0.25, -0.2) is 5.43 Å². The van der Waals surface area contributed by atoms with Crippen molar-refractivity contribution in [3.63, 3.8) is 0 Å². The smallest absolute Gasteiger partial charge is 0.261 e. The second-order valence-electron chi connectivity index (χ2n) is 6.16. The summed E-state index contributed by atoms with van der Waals surface area (Å²) in [5.74, 6) is -0.691. The number of carbonyl (C=O) groups is 1. The highest BCUT2D eigenvalue weighted by molar-refractivity contribution is 6.31. The van der Waals surface area contributed by atoms with Crippen LogP contribution in [0.1, 0.15) is 22.6 Å². The number of hydrogen-bond donors (Lipinski definition) is 1. The lowest BCUT2D eigenvalue weighted by Gasteiger charge is -2.08. The van der Waals surface area contributed by atoms with Crippen molar-refractivity contribution in [2.24, 2.45) is 5.10 Å². The van der Waals surface area contributed by atoms with E-state index in [1.165, 1.54) is 6.21 Å². The van der Waals surface area contributed by atoms with Gasteiger partial charge in [0.05, 0.1) is 12.3 Å². The van der Waals surface area contributed by atoms with Crippen molar-refractivity contribution in [1.82, 2.24) is 5.43 Å². The third-order valence-corrected chi connectivity index (χ3v) is 4.51. The Morgan fingerprint density at radius 3 is 2.45 bits per heavy atom. The summed E-state index contributed by atoms with van der Waals surface area (Å²) in [7, 11) is 0. The highest BCUT2D eigenvalue weighted by Crippen LogP contribution is 2.19. The molecule has 29 heavy (non-hydrogen) atoms. The van der Waals surface area contributed by atoms with Crippen LogP contribution in [0.3, 0.4) is 0 Å². The lowest BCUT2D eigenvalue weighted by molar-refractivity contribution is -0.121. The lowest BCUT2D eigenvalue weighted by atomic mass is 10.0. The van der Waals surface area contributed by atoms with Crippen LogP contribution in [0.25, 0.3) is 0 Å². The predicted octanol–water partition coefficient (Wildman–Crippen LogP) is 4.68. The first-order valence-corrected chi connectivity index (χ1v) is 9.29. The van der Waals surface area contributed by atoms with E-state index in [9.17, 15) is 10.1 Å². The molecule has 5 nitrogen and oxygen atoms in total. The summed E-state index contributed by atoms with van der Waals surface area (Å²) < 4.78 is 5.73. The Morgan fingerprint density at radius 2 is 1.76 bits per heavy atom. The van der Waals surface area contributed by atoms with Crippen molar-refractivity contribution in [1.29, 1.82) is 5.26 Å². The van der Waals surface area contributed by atoms with Gasteiger partial charge in [0.2, 0.25) is 0 Å². The van der Waals surface area contributed by atoms with Gasteiger partial charge in [0.25, 0.3) is 5.91 Å². The van der Waals surface area contributed by atoms with E-state index in [1.54, 1.807) is 24.3 Å². The van der Waals surface area contributed by atoms with Gasteiger partial charge in [-0.1, -0.05) is 60.1 Å². The van der Waals surface area contributed by atoms with Gasteiger partial charge in [0, 0.05) is 10.6 Å². The number of carbonyl (C=O) groups excluding carboxylic acids is 1. The maximum atomic E-state index is 12.2. The quantitative estimate of drug-likeness (QED) is 0.460. The molecular formula is C23H18ClN3O2. The van der Waals surface area contributed by atoms with E-state index < -0.39 is 11.8 Å². The summed E-state index contributed by atoms with van der Waals surface area (Å²) in [6.07, 6.45) is 1.51. The second kappa shape index (κ2) is 10.1. The minimum atomic E-state index is -0.908. The number of nitriles is 1. The lowest BCUT2D eigenvalue weighted by Crippen LogP contribution is -2.24. The fraction of sp³-hybridized carbons (Fsp3) is 0.0870. The molecule has 1 N–H and O–H groups in total. The topological polar surface area (TPSA) is 74.5 Å². The molecule has 0 aliphatic heterocycles. The standard InChI is InChI=1S/C23H18ClN3O2/c24-22-9-5-4-8-19(22)16-29-20-12-10-17(11-13-20)15-26-27-23(28)21(14-25)18-6-2-1-3-7-18/h1-13,15,21H,16H2,(H,27,28)/b26-15-/t21-/m0/s1. The van der Waals surface area contributed by atoms with Crippen molar-refractivity contribution in [3.8, 4) is 11.8 Å². The number of benzene rings is 3. The number of halogens is 1. The molecule has 0 saturated carbocycles. The van der Waals surface area contributed by atoms with Crippen LogP contribution in [0.2, 0.25) is 5.02 Å². The Balaban J connectivity index is 1.54. The van der Waals surface area contributed by atoms with Gasteiger partial charge in [-0.2, -0.15) is 10.4 Å². The maximum Gasteiger partial charge on any atom is 0.261 e. The van der Waals surface area contributed by atoms with Gasteiger partial charge >= 0.3 is 0 Å². The largest absolute Gasteiger partial charge is 0.489 e. The van der Waals surface area contributed by atoms with E-state index in [-0.39, 0.29) is 0 Å². The van der Waals surface area contributed by atoms with Crippen molar-refractivity contribution < 1.29 is 9.53 Å². The molecule has 0 radical (unpaired) electrons. The highest BCUT2D eigenvalue weighted by Gasteiger charge is 2.19. The number of nitrogens with one attached hydrogen (secondary N) is 1. The van der Waals surface area contributed by atoms with Gasteiger partial charge < -0.3 is 4.74 Å². The molecule has 0 aliphatic carbocycles. The first-order chi connectivity index (χ1) is 14.2. The van der Waals surface area contributed by atoms with Crippen LogP contribution >= 0.6 is 11.6 Å². The van der Waals surface area contributed by atoms with Crippen molar-refractivity contribution in [2.75, 3.05) is 0 Å². The van der Waals surface area contributed by atoms with Gasteiger partial charge in [0.15, 0.2) is 5.92 Å². The molecule has 0 heterocycles. The molecule has 3 aromatic rings. The van der Waals surface area contributed by atoms with E-state index in [0.717, 1.165) is 11.1 Å². The van der Waals surface area contributed by atoms with Crippen molar-refractivity contribution in [3.05, 3.63) is 101 Å². The highest BCUT2D eigenvalue weighted by atomic mass is 35.5. The number of nitrogens with zero attached hydrogens (tertiary/aromatic N) is 2. The van der Waals surface area contributed by atoms with Crippen LogP contribution in [0.5, 0.6) is 5.75 Å². The van der Waals surface area contributed by atoms with Gasteiger partial charge in [0.1, 0.15) is 12.4 Å². The number of hydrogen-bond acceptors (Lipinski definition) is 4. The summed E-state index contributed by atoms with van der Waals surface area (Å²) in [6.45, 7) is 0.373. The van der Waals surface area contributed by atoms with E-state index in [0.29, 0.717) is 22.9 Å². The Hall–Kier alpha value is -3.62. The van der Waals surface area contributed by atoms with Crippen LogP contribution in [0, 0.1) is 11.3 Å². The summed E-state index contributed by atoms with van der Waals surface area (Å²) in [5, 5.41) is 13.9. The normalized spacial score (nSPS) is 11.6. The van der Waals surface area contributed by atoms with Crippen LogP contribution in [-0.2, 0) is 11.4 Å². The average molecular weight is 404 g/mol. The summed E-state index contributed by atoms with van der Waals surface area (Å²) in [4.78, 5) is 12.2. The molecule has 0 bridgehead atoms. The van der Waals surface area contributed by atoms with Gasteiger partial charge in [-0.15, -0.1) is 0 Å². The molecule has 3 aromatic carbocycles. The Bertz CT molecular complexity index is 1030. The predicted molar refractivity (Wildman–Crippen MR) is 113 cm³/mol. The molecule has 3 rings (SSSR count). The minimum Gasteiger partial charge on any atom is -0.489 e. The van der Waals surface area contributed by atoms with Crippen LogP contribution in [0.15, 0.2) is 84.0 Å². The molecule has 0 aliphatic rings. The average Bonchev–Trinajstić information content (AvgIpc) is 2.75. The Morgan fingerprint density at radius 1 is 1.07 bits per heavy atom. The fourth-order valence-electron chi connectivity index (χ4n) is 2.59. The van der Waals surface area contributed by atoms with Gasteiger partial charge in [-0.05, 0) is 41.5 Å². The molecule has 0 fully saturated rings. The summed E-state index contributed by atoms with van der Waals surface area (Å²) >= 11 is 6.12. The first kappa shape index (κ1) is 20.1. The first-order valence-electron chi connectivity index (χ1n) is 8.91. The summed E-state index contributed by atoms with van der Waals surface area (Å²) in [6, 6.07) is 25.6. The second-order valence-corrected chi connectivity index (χ2v) is 6.56. The van der Waals surface area contributed by atoms with Crippen molar-refractivity contribution >= 4 is 23.7 Å². The van der Waals surface area contributed by atoms with Crippen LogP contribution in [0.4, 0.5) is 0 Å². The van der Waals surface area contributed by atoms with Crippen LogP contribution in [-0.4, -0.2) is 12.1 Å². The molecule has 0 unspecified atom stereocenters. The number of amides is 1. The number of rotatable bonds is 7. The van der Waals surface area contributed by atoms with Gasteiger partial charge in [-0.3, -0.25) is 4.79 Å². The van der Waals surface area contributed by atoms with E-state index >= 15 is 0 Å². The zero-order valence-corrected chi connectivity index (χ0v) is 16.2. The molecule has 6 heteroatoms. The molecule has 0 aromatic heterocycles. The molecular weight excluding hydrogens is 386 g/mol. The third-order valence-electron chi connectivity index (χ3n) is 4.14. The van der Waals surface area contributed by atoms with E-state index in [4.69, 9.17) is 16.3 Å². The molecule has 144 valence electrons. The van der Waals surface area contributed by atoms with Crippen molar-refractivity contribution in [2.45, 2.75) is 12.5 Å². The fourth-order valence-corrected chi connectivity index (χ4v) is 2.78. The third kappa shape index (κ3) is 5.68. The summed E-state index contributed by atoms with van der Waals surface area (Å²) in [5.41, 5.74) is 4.73. The number of hydrazone groups is 1. The van der Waals surface area contributed by atoms with E-state index in [2.05, 4.69) is 10.5 Å². The maximum absolute atomic E-state index is 12.2. The number of ether oxygens (including phenoxy) is 1. The van der Waals surface area contributed by atoms with E-state index in [1.807, 2.05) is 60.7 Å². The SMILES string of the molecule is N#C[C@H](C(=O)N/N=C\c1ccc(OCc2ccccc2Cl)cc1)c1ccccc1. The zero-order valence-electron chi connectivity index (χ0n) is 15.5. The molecule has 1 atom stereocenters.